The van der Waals surface area contributed by atoms with Crippen LogP contribution in [0.15, 0.2) is 132 Å². The molecule has 500 valence electrons. The molecule has 0 spiro atoms. The topological polar surface area (TPSA) is 192 Å². The first-order valence-corrected chi connectivity index (χ1v) is 33.7. The second-order valence-electron chi connectivity index (χ2n) is 27.5. The van der Waals surface area contributed by atoms with E-state index >= 15 is 14.4 Å². The number of carbonyl (C=O) groups is 3. The molecule has 0 bridgehead atoms. The second kappa shape index (κ2) is 27.1. The zero-order valence-corrected chi connectivity index (χ0v) is 59.0. The van der Waals surface area contributed by atoms with E-state index in [0.29, 0.717) is 79.1 Å². The number of urea groups is 1. The Bertz CT molecular complexity index is 3820. The zero-order valence-electron chi connectivity index (χ0n) is 56.0. The smallest absolute Gasteiger partial charge is 0.326 e. The molecule has 7 atom stereocenters. The molecule has 2 aromatic heterocycles. The first-order valence-electron chi connectivity index (χ1n) is 32.2. The molecule has 6 aromatic rings. The minimum atomic E-state index is -2.14. The number of amides is 3. The number of ether oxygens (including phenoxy) is 2. The number of aldehydes is 1. The number of benzene rings is 4. The summed E-state index contributed by atoms with van der Waals surface area (Å²) in [6.45, 7) is 26.4. The lowest BCUT2D eigenvalue weighted by Gasteiger charge is -2.56. The number of aliphatic imine (C=N–C) groups is 2. The van der Waals surface area contributed by atoms with E-state index in [0.717, 1.165) is 22.5 Å². The summed E-state index contributed by atoms with van der Waals surface area (Å²) in [7, 11) is 0. The second-order valence-corrected chi connectivity index (χ2v) is 29.2. The number of aliphatic hydroxyl groups is 2. The summed E-state index contributed by atoms with van der Waals surface area (Å²) < 4.78 is 13.0. The van der Waals surface area contributed by atoms with E-state index in [2.05, 4.69) is 46.9 Å². The molecular weight excluding hydrogens is 1270 g/mol. The minimum absolute atomic E-state index is 0.00788. The van der Waals surface area contributed by atoms with Gasteiger partial charge in [-0.05, 0) is 119 Å². The molecule has 22 heteroatoms. The Hall–Kier alpha value is -6.71. The normalized spacial score (nSPS) is 23.9. The number of piperazine rings is 2. The molecule has 4 aromatic carbocycles. The van der Waals surface area contributed by atoms with Gasteiger partial charge in [-0.1, -0.05) is 136 Å². The molecule has 0 aliphatic carbocycles. The number of hydrogen-bond acceptors (Lipinski definition) is 15. The summed E-state index contributed by atoms with van der Waals surface area (Å²) in [5, 5.41) is 31.7. The molecule has 6 heterocycles. The SMILES string of the molecule is CCOc1cc(C(C)(C)C)ncc1C1=N[C@@](C)(c2ccc(Cl)cc2)[C@@](C)(c2ccc(Cl)cc2)N1C(=O)N1CCN(C(C=O)(C(=O)N(CC(O)CO)N2C(c3cnc(C(C)(C)C)cc3OCC)=N[C@@](C)(c3ccc(Cl)cc3)[C@@]2(C)c2ccc(Cl)cc2)N2CCN[C@H](C)C2)CC1. The lowest BCUT2D eigenvalue weighted by molar-refractivity contribution is -0.187. The molecule has 2 saturated heterocycles. The Labute approximate surface area is 572 Å². The lowest BCUT2D eigenvalue weighted by atomic mass is 9.71. The van der Waals surface area contributed by atoms with Gasteiger partial charge in [-0.2, -0.15) is 0 Å². The number of pyridine rings is 2. The lowest BCUT2D eigenvalue weighted by Crippen LogP contribution is -2.77. The van der Waals surface area contributed by atoms with Crippen molar-refractivity contribution in [1.29, 1.82) is 0 Å². The monoisotopic (exact) mass is 1360 g/mol. The summed E-state index contributed by atoms with van der Waals surface area (Å²) >= 11 is 26.6. The van der Waals surface area contributed by atoms with Crippen LogP contribution in [0.3, 0.4) is 0 Å². The number of halogens is 4. The highest BCUT2D eigenvalue weighted by Gasteiger charge is 2.65. The van der Waals surface area contributed by atoms with Crippen molar-refractivity contribution in [2.24, 2.45) is 9.98 Å². The molecule has 0 radical (unpaired) electrons. The summed E-state index contributed by atoms with van der Waals surface area (Å²) in [5.74, 6) is 0.723. The Morgan fingerprint density at radius 2 is 1.07 bits per heavy atom. The van der Waals surface area contributed by atoms with E-state index in [-0.39, 0.29) is 63.2 Å². The summed E-state index contributed by atoms with van der Waals surface area (Å²) in [6.07, 6.45) is 2.58. The zero-order chi connectivity index (χ0) is 68.1. The largest absolute Gasteiger partial charge is 0.493 e. The van der Waals surface area contributed by atoms with Crippen LogP contribution in [0, 0.1) is 0 Å². The average Bonchev–Trinajstić information content (AvgIpc) is 1.52. The molecule has 4 aliphatic rings. The van der Waals surface area contributed by atoms with Crippen molar-refractivity contribution in [2.45, 2.75) is 141 Å². The highest BCUT2D eigenvalue weighted by atomic mass is 35.5. The van der Waals surface area contributed by atoms with Crippen LogP contribution in [0.2, 0.25) is 20.1 Å². The minimum Gasteiger partial charge on any atom is -0.493 e. The molecule has 18 nitrogen and oxygen atoms in total. The average molecular weight is 1360 g/mol. The van der Waals surface area contributed by atoms with E-state index in [1.165, 1.54) is 5.01 Å². The van der Waals surface area contributed by atoms with Gasteiger partial charge in [-0.25, -0.2) is 9.80 Å². The van der Waals surface area contributed by atoms with Crippen LogP contribution in [0.25, 0.3) is 0 Å². The molecule has 0 saturated carbocycles. The molecule has 2 unspecified atom stereocenters. The first kappa shape index (κ1) is 70.1. The molecule has 4 aliphatic heterocycles. The van der Waals surface area contributed by atoms with Crippen molar-refractivity contribution in [3.63, 3.8) is 0 Å². The molecule has 94 heavy (non-hydrogen) atoms. The van der Waals surface area contributed by atoms with Crippen LogP contribution in [-0.2, 0) is 42.6 Å². The number of nitrogens with zero attached hydrogens (tertiary/aromatic N) is 10. The highest BCUT2D eigenvalue weighted by molar-refractivity contribution is 6.31. The van der Waals surface area contributed by atoms with Crippen LogP contribution in [-0.4, -0.2) is 170 Å². The van der Waals surface area contributed by atoms with E-state index in [4.69, 9.17) is 75.8 Å². The van der Waals surface area contributed by atoms with Crippen molar-refractivity contribution >= 4 is 76.3 Å². The maximum atomic E-state index is 17.4. The van der Waals surface area contributed by atoms with Gasteiger partial charge in [0.1, 0.15) is 39.5 Å². The van der Waals surface area contributed by atoms with Gasteiger partial charge in [0.05, 0.1) is 43.6 Å². The van der Waals surface area contributed by atoms with Gasteiger partial charge in [-0.15, -0.1) is 0 Å². The van der Waals surface area contributed by atoms with E-state index in [9.17, 15) is 10.2 Å². The fourth-order valence-electron chi connectivity index (χ4n) is 13.8. The molecule has 2 fully saturated rings. The predicted molar refractivity (Wildman–Crippen MR) is 371 cm³/mol. The third-order valence-electron chi connectivity index (χ3n) is 19.4. The number of hydrazine groups is 1. The fourth-order valence-corrected chi connectivity index (χ4v) is 14.3. The van der Waals surface area contributed by atoms with Crippen molar-refractivity contribution in [3.8, 4) is 11.5 Å². The van der Waals surface area contributed by atoms with Crippen LogP contribution < -0.4 is 14.8 Å². The number of aromatic nitrogens is 2. The van der Waals surface area contributed by atoms with Crippen molar-refractivity contribution < 1.29 is 34.1 Å². The third kappa shape index (κ3) is 12.5. The van der Waals surface area contributed by atoms with Crippen LogP contribution in [0.5, 0.6) is 11.5 Å². The maximum absolute atomic E-state index is 17.4. The first-order chi connectivity index (χ1) is 44.4. The maximum Gasteiger partial charge on any atom is 0.326 e. The molecule has 10 rings (SSSR count). The number of nitrogens with one attached hydrogen (secondary N) is 1. The van der Waals surface area contributed by atoms with Gasteiger partial charge in [-0.3, -0.25) is 49.3 Å². The summed E-state index contributed by atoms with van der Waals surface area (Å²) in [6, 6.07) is 32.7. The van der Waals surface area contributed by atoms with Gasteiger partial charge in [0.25, 0.3) is 5.91 Å². The van der Waals surface area contributed by atoms with Crippen molar-refractivity contribution in [1.82, 2.24) is 44.9 Å². The molecule has 3 N–H and O–H groups in total. The standard InChI is InChI=1S/C72H87Cl4N11O7/c1-14-93-58-38-60(66(4,5)6)78-40-56(58)62-80-68(10,47-16-24-51(73)25-17-47)70(12,49-20-28-53(75)29-21-49)86(62)65(92)82-34-36-83(37-35-82)72(45-89,84-33-32-77-46(3)42-84)64(91)85(43-55(90)44-88)87-63(57-41-79-61(67(7,8)9)39-59(57)94-15-2)81-69(11,48-18-26-52(74)27-19-48)71(87,13)50-22-30-54(76)31-23-50/h16-31,38-41,45-46,55,77,88,90H,14-15,32-37,42-44H2,1-13H3/t46-,55?,68+,69+,70-,71-,72?/m1/s1. The van der Waals surface area contributed by atoms with Gasteiger partial charge >= 0.3 is 6.03 Å². The number of amidine groups is 2. The number of carbonyl (C=O) groups excluding carboxylic acids is 3. The van der Waals surface area contributed by atoms with Crippen LogP contribution >= 0.6 is 46.4 Å². The fraction of sp³-hybridized carbons (Fsp3) is 0.458. The third-order valence-corrected chi connectivity index (χ3v) is 20.4. The Morgan fingerprint density at radius 1 is 0.649 bits per heavy atom. The number of aliphatic hydroxyl groups excluding tert-OH is 2. The Balaban J connectivity index is 1.14. The van der Waals surface area contributed by atoms with Gasteiger partial charge < -0.3 is 29.9 Å². The summed E-state index contributed by atoms with van der Waals surface area (Å²) in [4.78, 5) is 77.9. The quantitative estimate of drug-likeness (QED) is 0.0544. The summed E-state index contributed by atoms with van der Waals surface area (Å²) in [5.41, 5.74) is -2.86. The van der Waals surface area contributed by atoms with E-state index < -0.39 is 64.4 Å². The van der Waals surface area contributed by atoms with Gasteiger partial charge in [0.2, 0.25) is 5.66 Å². The van der Waals surface area contributed by atoms with Crippen molar-refractivity contribution in [3.05, 3.63) is 186 Å². The number of rotatable bonds is 18. The van der Waals surface area contributed by atoms with E-state index in [1.807, 2.05) is 131 Å². The van der Waals surface area contributed by atoms with Crippen LogP contribution in [0.4, 0.5) is 4.79 Å². The van der Waals surface area contributed by atoms with Crippen LogP contribution in [0.1, 0.15) is 135 Å². The number of hydrogen-bond donors (Lipinski definition) is 3. The van der Waals surface area contributed by atoms with Crippen molar-refractivity contribution in [2.75, 3.05) is 72.2 Å². The predicted octanol–water partition coefficient (Wildman–Crippen LogP) is 12.0. The van der Waals surface area contributed by atoms with Gasteiger partial charge in [0, 0.05) is 119 Å². The van der Waals surface area contributed by atoms with E-state index in [1.54, 1.807) is 63.6 Å². The van der Waals surface area contributed by atoms with Gasteiger partial charge in [0.15, 0.2) is 12.1 Å². The highest BCUT2D eigenvalue weighted by Crippen LogP contribution is 2.57. The Kier molecular flexibility index (Phi) is 20.2. The molecular formula is C72H87Cl4N11O7. The molecule has 3 amide bonds. The Morgan fingerprint density at radius 3 is 1.50 bits per heavy atom.